The molecule has 9 heteroatoms. The predicted molar refractivity (Wildman–Crippen MR) is 177 cm³/mol. The summed E-state index contributed by atoms with van der Waals surface area (Å²) in [5.41, 5.74) is 5.90. The van der Waals surface area contributed by atoms with Crippen LogP contribution in [0.25, 0.3) is 11.1 Å². The molecule has 46 heavy (non-hydrogen) atoms. The van der Waals surface area contributed by atoms with Crippen LogP contribution < -0.4 is 15.5 Å². The molecule has 0 spiro atoms. The third-order valence-corrected chi connectivity index (χ3v) is 8.77. The van der Waals surface area contributed by atoms with E-state index in [0.29, 0.717) is 31.4 Å². The predicted octanol–water partition coefficient (Wildman–Crippen LogP) is 6.03. The summed E-state index contributed by atoms with van der Waals surface area (Å²) in [6.07, 6.45) is 3.22. The number of morpholine rings is 1. The van der Waals surface area contributed by atoms with E-state index in [0.717, 1.165) is 61.0 Å². The number of rotatable bonds is 15. The molecule has 246 valence electrons. The Morgan fingerprint density at radius 1 is 1.07 bits per heavy atom. The maximum absolute atomic E-state index is 14.0. The second-order valence-electron chi connectivity index (χ2n) is 12.1. The number of nitrogens with one attached hydrogen (secondary N) is 2. The number of aliphatic hydroxyl groups is 1. The molecule has 0 radical (unpaired) electrons. The number of nitrogens with zero attached hydrogens (tertiary/aromatic N) is 1. The van der Waals surface area contributed by atoms with E-state index in [1.807, 2.05) is 6.92 Å². The van der Waals surface area contributed by atoms with E-state index in [1.165, 1.54) is 17.8 Å². The maximum atomic E-state index is 14.0. The number of ether oxygens (including phenoxy) is 2. The van der Waals surface area contributed by atoms with Gasteiger partial charge >= 0.3 is 0 Å². The van der Waals surface area contributed by atoms with Gasteiger partial charge in [0.1, 0.15) is 11.6 Å². The fourth-order valence-electron chi connectivity index (χ4n) is 6.33. The summed E-state index contributed by atoms with van der Waals surface area (Å²) >= 11 is 0. The number of anilines is 1. The van der Waals surface area contributed by atoms with Crippen molar-refractivity contribution in [2.24, 2.45) is 0 Å². The van der Waals surface area contributed by atoms with Gasteiger partial charge in [0.15, 0.2) is 0 Å². The third kappa shape index (κ3) is 8.79. The standard InChI is InChI=1S/C37H45F2N3O4/c1-3-5-6-37(44)41-34(20-25-18-28(38)22-29(39)19-25)35(43)24-40-33-23-36(46-15-4-2)31-12-9-27(21-32(31)33)26-7-10-30(11-8-26)42-13-16-45-17-14-42/h4,7-12,18-19,21-22,33-36,40,43H,2-3,5-6,13-17,20,23-24H2,1H3,(H,41,44)/t33-,34-,35+,36+/m0/s1. The molecule has 1 amide bonds. The summed E-state index contributed by atoms with van der Waals surface area (Å²) in [5.74, 6) is -1.59. The average molecular weight is 634 g/mol. The van der Waals surface area contributed by atoms with E-state index in [4.69, 9.17) is 9.47 Å². The van der Waals surface area contributed by atoms with Crippen LogP contribution in [0.3, 0.4) is 0 Å². The fraction of sp³-hybridized carbons (Fsp3) is 0.432. The van der Waals surface area contributed by atoms with Crippen molar-refractivity contribution in [2.75, 3.05) is 44.4 Å². The van der Waals surface area contributed by atoms with Crippen LogP contribution in [0.1, 0.15) is 61.4 Å². The van der Waals surface area contributed by atoms with Crippen molar-refractivity contribution in [3.05, 3.63) is 102 Å². The van der Waals surface area contributed by atoms with Crippen LogP contribution in [0, 0.1) is 11.6 Å². The largest absolute Gasteiger partial charge is 0.390 e. The molecule has 3 N–H and O–H groups in total. The molecule has 1 aliphatic carbocycles. The highest BCUT2D eigenvalue weighted by Crippen LogP contribution is 2.43. The van der Waals surface area contributed by atoms with Crippen LogP contribution in [0.4, 0.5) is 14.5 Å². The number of benzene rings is 3. The van der Waals surface area contributed by atoms with Crippen molar-refractivity contribution in [3.8, 4) is 11.1 Å². The van der Waals surface area contributed by atoms with E-state index in [1.54, 1.807) is 6.08 Å². The van der Waals surface area contributed by atoms with Gasteiger partial charge < -0.3 is 30.1 Å². The Labute approximate surface area is 270 Å². The molecule has 3 aromatic carbocycles. The number of fused-ring (bicyclic) bond motifs is 1. The Morgan fingerprint density at radius 2 is 1.78 bits per heavy atom. The molecule has 5 rings (SSSR count). The molecule has 1 aliphatic heterocycles. The van der Waals surface area contributed by atoms with Crippen molar-refractivity contribution in [3.63, 3.8) is 0 Å². The molecule has 7 nitrogen and oxygen atoms in total. The Hall–Kier alpha value is -3.63. The SMILES string of the molecule is C=CCO[C@@H]1C[C@H](NC[C@@H](O)[C@H](Cc2cc(F)cc(F)c2)NC(=O)CCCC)c2cc(-c3ccc(N4CCOCC4)cc3)ccc21. The van der Waals surface area contributed by atoms with Crippen molar-refractivity contribution >= 4 is 11.6 Å². The van der Waals surface area contributed by atoms with E-state index >= 15 is 0 Å². The van der Waals surface area contributed by atoms with Crippen LogP contribution >= 0.6 is 0 Å². The second-order valence-corrected chi connectivity index (χ2v) is 12.1. The number of unbranched alkanes of at least 4 members (excludes halogenated alkanes) is 1. The second kappa shape index (κ2) is 16.3. The lowest BCUT2D eigenvalue weighted by molar-refractivity contribution is -0.122. The van der Waals surface area contributed by atoms with Crippen molar-refractivity contribution < 1.29 is 28.2 Å². The normalized spacial score (nSPS) is 19.0. The number of amides is 1. The summed E-state index contributed by atoms with van der Waals surface area (Å²) in [7, 11) is 0. The number of aliphatic hydroxyl groups excluding tert-OH is 1. The number of hydrogen-bond donors (Lipinski definition) is 3. The highest BCUT2D eigenvalue weighted by molar-refractivity contribution is 5.76. The Bertz CT molecular complexity index is 1440. The van der Waals surface area contributed by atoms with Crippen LogP contribution in [-0.4, -0.2) is 62.6 Å². The lowest BCUT2D eigenvalue weighted by Gasteiger charge is -2.29. The maximum Gasteiger partial charge on any atom is 0.220 e. The summed E-state index contributed by atoms with van der Waals surface area (Å²) in [6.45, 7) is 9.60. The van der Waals surface area contributed by atoms with Gasteiger partial charge in [-0.05, 0) is 77.4 Å². The first-order valence-corrected chi connectivity index (χ1v) is 16.3. The van der Waals surface area contributed by atoms with Crippen molar-refractivity contribution in [1.82, 2.24) is 10.6 Å². The fourth-order valence-corrected chi connectivity index (χ4v) is 6.33. The quantitative estimate of drug-likeness (QED) is 0.178. The molecule has 0 bridgehead atoms. The van der Waals surface area contributed by atoms with E-state index in [2.05, 4.69) is 64.6 Å². The zero-order valence-electron chi connectivity index (χ0n) is 26.5. The minimum Gasteiger partial charge on any atom is -0.390 e. The van der Waals surface area contributed by atoms with Gasteiger partial charge in [0, 0.05) is 43.9 Å². The zero-order chi connectivity index (χ0) is 32.5. The molecule has 1 saturated heterocycles. The number of hydrogen-bond acceptors (Lipinski definition) is 6. The number of carbonyl (C=O) groups is 1. The van der Waals surface area contributed by atoms with Crippen LogP contribution in [-0.2, 0) is 20.7 Å². The Morgan fingerprint density at radius 3 is 2.48 bits per heavy atom. The first kappa shape index (κ1) is 33.7. The van der Waals surface area contributed by atoms with Gasteiger partial charge in [0.05, 0.1) is 38.1 Å². The topological polar surface area (TPSA) is 83.1 Å². The van der Waals surface area contributed by atoms with Gasteiger partial charge in [-0.2, -0.15) is 0 Å². The van der Waals surface area contributed by atoms with Gasteiger partial charge in [-0.3, -0.25) is 4.79 Å². The summed E-state index contributed by atoms with van der Waals surface area (Å²) < 4.78 is 39.5. The molecule has 3 aromatic rings. The lowest BCUT2D eigenvalue weighted by atomic mass is 9.98. The zero-order valence-corrected chi connectivity index (χ0v) is 26.5. The summed E-state index contributed by atoms with van der Waals surface area (Å²) in [4.78, 5) is 15.0. The Kier molecular flexibility index (Phi) is 11.9. The van der Waals surface area contributed by atoms with Crippen molar-refractivity contribution in [1.29, 1.82) is 0 Å². The lowest BCUT2D eigenvalue weighted by Crippen LogP contribution is -2.49. The minimum absolute atomic E-state index is 0.0896. The van der Waals surface area contributed by atoms with Gasteiger partial charge in [-0.1, -0.05) is 43.7 Å². The molecule has 0 saturated carbocycles. The molecular formula is C37H45F2N3O4. The number of halogens is 2. The average Bonchev–Trinajstić information content (AvgIpc) is 3.41. The van der Waals surface area contributed by atoms with E-state index in [-0.39, 0.29) is 31.0 Å². The van der Waals surface area contributed by atoms with E-state index < -0.39 is 23.8 Å². The van der Waals surface area contributed by atoms with Crippen LogP contribution in [0.5, 0.6) is 0 Å². The van der Waals surface area contributed by atoms with Crippen molar-refractivity contribution in [2.45, 2.75) is 63.3 Å². The molecule has 1 fully saturated rings. The first-order valence-electron chi connectivity index (χ1n) is 16.3. The highest BCUT2D eigenvalue weighted by Gasteiger charge is 2.33. The molecule has 0 aromatic heterocycles. The third-order valence-electron chi connectivity index (χ3n) is 8.77. The van der Waals surface area contributed by atoms with Gasteiger partial charge in [-0.25, -0.2) is 8.78 Å². The van der Waals surface area contributed by atoms with Gasteiger partial charge in [-0.15, -0.1) is 6.58 Å². The van der Waals surface area contributed by atoms with E-state index in [9.17, 15) is 18.7 Å². The van der Waals surface area contributed by atoms with Gasteiger partial charge in [0.25, 0.3) is 0 Å². The van der Waals surface area contributed by atoms with Gasteiger partial charge in [0.2, 0.25) is 5.91 Å². The molecule has 1 heterocycles. The smallest absolute Gasteiger partial charge is 0.220 e. The summed E-state index contributed by atoms with van der Waals surface area (Å²) in [6, 6.07) is 17.4. The highest BCUT2D eigenvalue weighted by atomic mass is 19.1. The van der Waals surface area contributed by atoms with Crippen LogP contribution in [0.15, 0.2) is 73.3 Å². The monoisotopic (exact) mass is 633 g/mol. The summed E-state index contributed by atoms with van der Waals surface area (Å²) in [5, 5.41) is 17.8. The number of carbonyl (C=O) groups excluding carboxylic acids is 1. The minimum atomic E-state index is -1.01. The Balaban J connectivity index is 1.32. The molecule has 0 unspecified atom stereocenters. The molecule has 4 atom stereocenters. The molecular weight excluding hydrogens is 588 g/mol. The molecule has 2 aliphatic rings. The van der Waals surface area contributed by atoms with Crippen LogP contribution in [0.2, 0.25) is 0 Å². The first-order chi connectivity index (χ1) is 22.3.